The van der Waals surface area contributed by atoms with Crippen LogP contribution in [-0.2, 0) is 0 Å². The molecule has 0 saturated heterocycles. The van der Waals surface area contributed by atoms with E-state index in [0.29, 0.717) is 17.1 Å². The van der Waals surface area contributed by atoms with E-state index in [9.17, 15) is 14.0 Å². The van der Waals surface area contributed by atoms with E-state index in [-0.39, 0.29) is 6.08 Å². The van der Waals surface area contributed by atoms with Crippen LogP contribution in [0.5, 0.6) is 6.08 Å². The third kappa shape index (κ3) is 3.83. The van der Waals surface area contributed by atoms with E-state index < -0.39 is 17.6 Å². The number of nitrogens with zero attached hydrogens (tertiary/aromatic N) is 2. The van der Waals surface area contributed by atoms with Crippen molar-refractivity contribution in [2.45, 2.75) is 0 Å². The first-order valence-electron chi connectivity index (χ1n) is 7.13. The Hall–Kier alpha value is -3.62. The Morgan fingerprint density at radius 3 is 2.52 bits per heavy atom. The van der Waals surface area contributed by atoms with Gasteiger partial charge in [-0.2, -0.15) is 4.68 Å². The first-order chi connectivity index (χ1) is 12.0. The predicted molar refractivity (Wildman–Crippen MR) is 87.7 cm³/mol. The molecule has 2 aromatic carbocycles. The Kier molecular flexibility index (Phi) is 4.46. The summed E-state index contributed by atoms with van der Waals surface area (Å²) in [6, 6.07) is 11.3. The molecule has 8 nitrogen and oxygen atoms in total. The molecule has 0 aliphatic rings. The molecule has 3 rings (SSSR count). The number of rotatable bonds is 4. The Bertz CT molecular complexity index is 949. The third-order valence-corrected chi connectivity index (χ3v) is 3.16. The Labute approximate surface area is 140 Å². The lowest BCUT2D eigenvalue weighted by Crippen LogP contribution is -2.19. The van der Waals surface area contributed by atoms with Crippen molar-refractivity contribution in [2.24, 2.45) is 0 Å². The zero-order chi connectivity index (χ0) is 17.8. The number of amides is 2. The lowest BCUT2D eigenvalue weighted by atomic mass is 10.3. The molecule has 2 N–H and O–H groups in total. The number of carbonyl (C=O) groups is 1. The summed E-state index contributed by atoms with van der Waals surface area (Å²) in [5.74, 6) is -1.14. The van der Waals surface area contributed by atoms with Crippen molar-refractivity contribution in [3.8, 4) is 11.8 Å². The first-order valence-corrected chi connectivity index (χ1v) is 7.13. The van der Waals surface area contributed by atoms with Crippen LogP contribution in [0, 0.1) is 5.82 Å². The molecule has 0 fully saturated rings. The summed E-state index contributed by atoms with van der Waals surface area (Å²) in [7, 11) is 1.33. The smallest absolute Gasteiger partial charge is 0.444 e. The number of methoxy groups -OCH3 is 1. The van der Waals surface area contributed by atoms with Gasteiger partial charge in [-0.05, 0) is 42.5 Å². The van der Waals surface area contributed by atoms with E-state index in [2.05, 4.69) is 15.7 Å². The first kappa shape index (κ1) is 16.2. The highest BCUT2D eigenvalue weighted by molar-refractivity contribution is 5.99. The largest absolute Gasteiger partial charge is 0.452 e. The molecule has 1 aromatic heterocycles. The van der Waals surface area contributed by atoms with Crippen LogP contribution < -0.4 is 21.1 Å². The summed E-state index contributed by atoms with van der Waals surface area (Å²) in [5, 5.41) is 8.93. The van der Waals surface area contributed by atoms with E-state index in [0.717, 1.165) is 4.68 Å². The summed E-state index contributed by atoms with van der Waals surface area (Å²) in [5.41, 5.74) is 1.24. The SMILES string of the molecule is COc1nn(-c2ccc(NC(=O)Nc3cccc(F)c3)cc2)c(=O)o1. The lowest BCUT2D eigenvalue weighted by molar-refractivity contribution is 0.262. The van der Waals surface area contributed by atoms with Gasteiger partial charge in [-0.15, -0.1) is 0 Å². The lowest BCUT2D eigenvalue weighted by Gasteiger charge is -2.08. The second-order valence-electron chi connectivity index (χ2n) is 4.89. The summed E-state index contributed by atoms with van der Waals surface area (Å²) >= 11 is 0. The highest BCUT2D eigenvalue weighted by Gasteiger charge is 2.10. The van der Waals surface area contributed by atoms with Crippen molar-refractivity contribution >= 4 is 17.4 Å². The summed E-state index contributed by atoms with van der Waals surface area (Å²) in [6.45, 7) is 0. The number of ether oxygens (including phenoxy) is 1. The van der Waals surface area contributed by atoms with E-state index in [4.69, 9.17) is 9.15 Å². The molecule has 128 valence electrons. The van der Waals surface area contributed by atoms with Gasteiger partial charge >= 0.3 is 17.9 Å². The van der Waals surface area contributed by atoms with Gasteiger partial charge in [0, 0.05) is 11.4 Å². The number of hydrogen-bond acceptors (Lipinski definition) is 5. The minimum absolute atomic E-state index is 0.151. The number of halogens is 1. The average molecular weight is 344 g/mol. The van der Waals surface area contributed by atoms with Gasteiger partial charge in [0.05, 0.1) is 12.8 Å². The number of aromatic nitrogens is 2. The predicted octanol–water partition coefficient (Wildman–Crippen LogP) is 2.62. The van der Waals surface area contributed by atoms with Gasteiger partial charge < -0.3 is 19.8 Å². The molecule has 0 aliphatic heterocycles. The number of hydrogen-bond donors (Lipinski definition) is 2. The fraction of sp³-hybridized carbons (Fsp3) is 0.0625. The van der Waals surface area contributed by atoms with Crippen LogP contribution in [0.1, 0.15) is 0 Å². The van der Waals surface area contributed by atoms with E-state index >= 15 is 0 Å². The summed E-state index contributed by atoms with van der Waals surface area (Å²) in [4.78, 5) is 23.5. The Balaban J connectivity index is 1.69. The second-order valence-corrected chi connectivity index (χ2v) is 4.89. The molecule has 1 heterocycles. The quantitative estimate of drug-likeness (QED) is 0.758. The van der Waals surface area contributed by atoms with Crippen LogP contribution in [0.25, 0.3) is 5.69 Å². The second kappa shape index (κ2) is 6.87. The Morgan fingerprint density at radius 2 is 1.88 bits per heavy atom. The summed E-state index contributed by atoms with van der Waals surface area (Å²) in [6.07, 6.45) is -0.151. The van der Waals surface area contributed by atoms with Gasteiger partial charge in [0.25, 0.3) is 0 Å². The number of benzene rings is 2. The van der Waals surface area contributed by atoms with Gasteiger partial charge in [-0.3, -0.25) is 0 Å². The van der Waals surface area contributed by atoms with Crippen LogP contribution >= 0.6 is 0 Å². The highest BCUT2D eigenvalue weighted by Crippen LogP contribution is 2.14. The normalized spacial score (nSPS) is 10.3. The zero-order valence-electron chi connectivity index (χ0n) is 13.0. The van der Waals surface area contributed by atoms with Gasteiger partial charge in [0.15, 0.2) is 0 Å². The minimum atomic E-state index is -0.693. The van der Waals surface area contributed by atoms with E-state index in [1.807, 2.05) is 0 Å². The van der Waals surface area contributed by atoms with Crippen LogP contribution in [0.4, 0.5) is 20.6 Å². The van der Waals surface area contributed by atoms with Crippen LogP contribution in [0.3, 0.4) is 0 Å². The maximum absolute atomic E-state index is 13.1. The molecule has 0 aliphatic carbocycles. The van der Waals surface area contributed by atoms with E-state index in [1.54, 1.807) is 30.3 Å². The molecule has 3 aromatic rings. The van der Waals surface area contributed by atoms with Gasteiger partial charge in [0.2, 0.25) is 0 Å². The Morgan fingerprint density at radius 1 is 1.16 bits per heavy atom. The third-order valence-electron chi connectivity index (χ3n) is 3.16. The molecule has 0 bridgehead atoms. The molecule has 0 radical (unpaired) electrons. The van der Waals surface area contributed by atoms with Crippen molar-refractivity contribution in [3.63, 3.8) is 0 Å². The van der Waals surface area contributed by atoms with Crippen LogP contribution in [-0.4, -0.2) is 22.9 Å². The average Bonchev–Trinajstić information content (AvgIpc) is 2.96. The van der Waals surface area contributed by atoms with Gasteiger partial charge in [-0.25, -0.2) is 14.0 Å². The standard InChI is InChI=1S/C16H13FN4O4/c1-24-15-20-21(16(23)25-15)13-7-5-11(6-8-13)18-14(22)19-12-4-2-3-10(17)9-12/h2-9H,1H3,(H2,18,19,22). The molecular weight excluding hydrogens is 331 g/mol. The number of urea groups is 1. The number of nitrogens with one attached hydrogen (secondary N) is 2. The maximum Gasteiger partial charge on any atom is 0.444 e. The van der Waals surface area contributed by atoms with Gasteiger partial charge in [-0.1, -0.05) is 11.2 Å². The molecule has 0 spiro atoms. The van der Waals surface area contributed by atoms with Crippen molar-refractivity contribution in [2.75, 3.05) is 17.7 Å². The molecule has 0 unspecified atom stereocenters. The molecule has 0 saturated carbocycles. The van der Waals surface area contributed by atoms with Crippen molar-refractivity contribution < 1.29 is 18.3 Å². The zero-order valence-corrected chi connectivity index (χ0v) is 13.0. The number of anilines is 2. The molecule has 2 amide bonds. The monoisotopic (exact) mass is 344 g/mol. The molecule has 25 heavy (non-hydrogen) atoms. The van der Waals surface area contributed by atoms with Crippen LogP contribution in [0.2, 0.25) is 0 Å². The van der Waals surface area contributed by atoms with E-state index in [1.165, 1.54) is 25.3 Å². The minimum Gasteiger partial charge on any atom is -0.452 e. The summed E-state index contributed by atoms with van der Waals surface area (Å²) < 4.78 is 23.6. The van der Waals surface area contributed by atoms with Gasteiger partial charge in [0.1, 0.15) is 5.82 Å². The van der Waals surface area contributed by atoms with Crippen molar-refractivity contribution in [1.82, 2.24) is 9.78 Å². The highest BCUT2D eigenvalue weighted by atomic mass is 19.1. The van der Waals surface area contributed by atoms with Crippen molar-refractivity contribution in [3.05, 3.63) is 64.9 Å². The fourth-order valence-corrected chi connectivity index (χ4v) is 2.05. The van der Waals surface area contributed by atoms with Crippen molar-refractivity contribution in [1.29, 1.82) is 0 Å². The topological polar surface area (TPSA) is 98.4 Å². The van der Waals surface area contributed by atoms with Crippen LogP contribution in [0.15, 0.2) is 57.7 Å². The fourth-order valence-electron chi connectivity index (χ4n) is 2.05. The molecule has 0 atom stereocenters. The molecular formula is C16H13FN4O4. The number of carbonyl (C=O) groups excluding carboxylic acids is 1. The molecule has 9 heteroatoms. The maximum atomic E-state index is 13.1.